The summed E-state index contributed by atoms with van der Waals surface area (Å²) in [4.78, 5) is 8.65. The first-order valence-corrected chi connectivity index (χ1v) is 4.80. The molecule has 0 bridgehead atoms. The molecular formula is C13H16AuN3S. The Morgan fingerprint density at radius 3 is 1.67 bits per heavy atom. The van der Waals surface area contributed by atoms with Crippen LogP contribution in [0.1, 0.15) is 11.4 Å². The molecule has 0 aliphatic carbocycles. The molecule has 18 heavy (non-hydrogen) atoms. The Morgan fingerprint density at radius 2 is 1.33 bits per heavy atom. The predicted octanol–water partition coefficient (Wildman–Crippen LogP) is 3.16. The summed E-state index contributed by atoms with van der Waals surface area (Å²) >= 11 is 3.70. The number of aromatic nitrogens is 2. The van der Waals surface area contributed by atoms with Crippen molar-refractivity contribution in [2.24, 2.45) is 0 Å². The van der Waals surface area contributed by atoms with Gasteiger partial charge in [0.15, 0.2) is 5.65 Å². The summed E-state index contributed by atoms with van der Waals surface area (Å²) in [6.07, 6.45) is 0. The van der Waals surface area contributed by atoms with Crippen molar-refractivity contribution in [2.45, 2.75) is 13.8 Å². The molecular weight excluding hydrogens is 427 g/mol. The average molecular weight is 443 g/mol. The van der Waals surface area contributed by atoms with Gasteiger partial charge < -0.3 is 27.5 Å². The van der Waals surface area contributed by atoms with E-state index in [1.54, 1.807) is 0 Å². The van der Waals surface area contributed by atoms with Crippen LogP contribution in [-0.2, 0) is 35.0 Å². The van der Waals surface area contributed by atoms with Crippen molar-refractivity contribution in [3.63, 3.8) is 0 Å². The van der Waals surface area contributed by atoms with Gasteiger partial charge in [-0.25, -0.2) is 15.2 Å². The maximum absolute atomic E-state index is 7.13. The molecule has 2 rings (SSSR count). The maximum atomic E-state index is 7.13. The maximum Gasteiger partial charge on any atom is 3.00 e. The minimum Gasteiger partial charge on any atom is -0.696 e. The smallest absolute Gasteiger partial charge is 0.696 e. The van der Waals surface area contributed by atoms with Crippen LogP contribution in [0.15, 0.2) is 24.3 Å². The summed E-state index contributed by atoms with van der Waals surface area (Å²) in [6, 6.07) is 8.09. The molecule has 2 heterocycles. The summed E-state index contributed by atoms with van der Waals surface area (Å²) in [5.41, 5.74) is 2.87. The van der Waals surface area contributed by atoms with Crippen LogP contribution in [0.3, 0.4) is 0 Å². The molecule has 0 N–H and O–H groups in total. The first-order valence-electron chi connectivity index (χ1n) is 4.39. The number of aryl methyl sites for hydroxylation is 2. The second-order valence-electron chi connectivity index (χ2n) is 3.04. The number of pyridine rings is 2. The van der Waals surface area contributed by atoms with Crippen molar-refractivity contribution in [1.82, 2.24) is 9.97 Å². The zero-order valence-electron chi connectivity index (χ0n) is 10.9. The van der Waals surface area contributed by atoms with Gasteiger partial charge in [0.25, 0.3) is 0 Å². The molecule has 0 spiro atoms. The number of nitrogens with zero attached hydrogens (tertiary/aromatic N) is 3. The van der Waals surface area contributed by atoms with E-state index in [0.717, 1.165) is 22.4 Å². The monoisotopic (exact) mass is 443 g/mol. The van der Waals surface area contributed by atoms with Crippen molar-refractivity contribution in [1.29, 1.82) is 5.26 Å². The van der Waals surface area contributed by atoms with Gasteiger partial charge in [-0.2, -0.15) is 0 Å². The molecule has 0 aliphatic heterocycles. The summed E-state index contributed by atoms with van der Waals surface area (Å²) in [6.45, 7) is 3.95. The Labute approximate surface area is 131 Å². The number of hydrogen-bond donors (Lipinski definition) is 0. The van der Waals surface area contributed by atoms with Crippen molar-refractivity contribution < 1.29 is 22.4 Å². The fraction of sp³-hybridized carbons (Fsp3) is 0.154. The van der Waals surface area contributed by atoms with Crippen LogP contribution >= 0.6 is 0 Å². The molecule has 0 saturated heterocycles. The normalized spacial score (nSPS) is 7.39. The Morgan fingerprint density at radius 1 is 1.00 bits per heavy atom. The minimum absolute atomic E-state index is 0. The Balaban J connectivity index is -0.000000345. The SMILES string of the molecule is Cc1ccc2ccc(C)nc2n1.N#C[S-].[Au+3].[CH3-].[CH3-]. The molecule has 0 aromatic carbocycles. The van der Waals surface area contributed by atoms with Gasteiger partial charge in [0.1, 0.15) is 0 Å². The van der Waals surface area contributed by atoms with Crippen molar-refractivity contribution in [3.8, 4) is 5.40 Å². The third-order valence-corrected chi connectivity index (χ3v) is 1.83. The van der Waals surface area contributed by atoms with E-state index in [9.17, 15) is 0 Å². The first-order chi connectivity index (χ1) is 7.17. The number of thiocyanates is 1. The number of fused-ring (bicyclic) bond motifs is 1. The van der Waals surface area contributed by atoms with E-state index in [4.69, 9.17) is 5.26 Å². The molecule has 0 aliphatic rings. The first kappa shape index (κ1) is 22.2. The van der Waals surface area contributed by atoms with Crippen molar-refractivity contribution >= 4 is 23.7 Å². The summed E-state index contributed by atoms with van der Waals surface area (Å²) in [7, 11) is 0. The summed E-state index contributed by atoms with van der Waals surface area (Å²) in [5, 5.41) is 9.57. The molecule has 0 radical (unpaired) electrons. The van der Waals surface area contributed by atoms with E-state index in [1.807, 2.05) is 38.1 Å². The largest absolute Gasteiger partial charge is 3.00 e. The Kier molecular flexibility index (Phi) is 13.7. The van der Waals surface area contributed by atoms with E-state index in [2.05, 4.69) is 22.6 Å². The zero-order chi connectivity index (χ0) is 11.3. The predicted molar refractivity (Wildman–Crippen MR) is 74.8 cm³/mol. The summed E-state index contributed by atoms with van der Waals surface area (Å²) in [5.74, 6) is 0. The van der Waals surface area contributed by atoms with E-state index in [1.165, 1.54) is 5.40 Å². The van der Waals surface area contributed by atoms with Crippen LogP contribution in [-0.4, -0.2) is 9.97 Å². The van der Waals surface area contributed by atoms with Gasteiger partial charge in [0, 0.05) is 16.8 Å². The fourth-order valence-corrected chi connectivity index (χ4v) is 1.19. The molecule has 0 fully saturated rings. The Hall–Kier alpha value is -0.990. The van der Waals surface area contributed by atoms with Crippen LogP contribution in [0, 0.1) is 39.4 Å². The molecule has 2 aromatic rings. The van der Waals surface area contributed by atoms with Crippen LogP contribution in [0.2, 0.25) is 0 Å². The molecule has 0 unspecified atom stereocenters. The van der Waals surface area contributed by atoms with E-state index >= 15 is 0 Å². The number of rotatable bonds is 0. The molecule has 2 aromatic heterocycles. The molecule has 100 valence electrons. The fourth-order valence-electron chi connectivity index (χ4n) is 1.19. The second kappa shape index (κ2) is 11.1. The van der Waals surface area contributed by atoms with Gasteiger partial charge in [-0.05, 0) is 38.1 Å². The molecule has 0 saturated carbocycles. The van der Waals surface area contributed by atoms with Crippen LogP contribution in [0.4, 0.5) is 0 Å². The average Bonchev–Trinajstić information content (AvgIpc) is 2.18. The number of nitriles is 1. The van der Waals surface area contributed by atoms with Gasteiger partial charge in [-0.1, -0.05) is 5.40 Å². The van der Waals surface area contributed by atoms with E-state index in [-0.39, 0.29) is 37.2 Å². The van der Waals surface area contributed by atoms with Crippen molar-refractivity contribution in [2.75, 3.05) is 0 Å². The van der Waals surface area contributed by atoms with Crippen LogP contribution in [0.5, 0.6) is 0 Å². The standard InChI is InChI=1S/C10H10N2.CHNS.2CH3.Au/c1-7-3-5-9-6-4-8(2)12-10(9)11-7;2-1-3;;;/h3-6H,1-2H3;3H;2*1H3;/q;;2*-1;+3/p-1. The second-order valence-corrected chi connectivity index (χ2v) is 3.23. The van der Waals surface area contributed by atoms with Gasteiger partial charge in [-0.3, -0.25) is 0 Å². The van der Waals surface area contributed by atoms with E-state index in [0.29, 0.717) is 0 Å². The van der Waals surface area contributed by atoms with Gasteiger partial charge >= 0.3 is 22.4 Å². The van der Waals surface area contributed by atoms with Gasteiger partial charge in [-0.15, -0.1) is 0 Å². The minimum atomic E-state index is 0. The third-order valence-electron chi connectivity index (χ3n) is 1.83. The van der Waals surface area contributed by atoms with Gasteiger partial charge in [0.05, 0.1) is 0 Å². The van der Waals surface area contributed by atoms with Gasteiger partial charge in [0.2, 0.25) is 0 Å². The topological polar surface area (TPSA) is 49.6 Å². The molecule has 3 nitrogen and oxygen atoms in total. The molecule has 5 heteroatoms. The quantitative estimate of drug-likeness (QED) is 0.272. The van der Waals surface area contributed by atoms with Crippen LogP contribution in [0.25, 0.3) is 11.0 Å². The van der Waals surface area contributed by atoms with Crippen LogP contribution < -0.4 is 0 Å². The third kappa shape index (κ3) is 6.67. The van der Waals surface area contributed by atoms with E-state index < -0.39 is 0 Å². The molecule has 0 atom stereocenters. The number of hydrogen-bond acceptors (Lipinski definition) is 4. The summed E-state index contributed by atoms with van der Waals surface area (Å²) < 4.78 is 0. The zero-order valence-corrected chi connectivity index (χ0v) is 13.8. The Bertz CT molecular complexity index is 472. The molecule has 0 amide bonds. The van der Waals surface area contributed by atoms with Crippen molar-refractivity contribution in [3.05, 3.63) is 50.5 Å².